The van der Waals surface area contributed by atoms with Crippen molar-refractivity contribution in [2.75, 3.05) is 18.1 Å². The molecule has 0 unspecified atom stereocenters. The van der Waals surface area contributed by atoms with Crippen LogP contribution in [0.25, 0.3) is 0 Å². The third-order valence-electron chi connectivity index (χ3n) is 5.20. The maximum atomic E-state index is 12.6. The van der Waals surface area contributed by atoms with Gasteiger partial charge >= 0.3 is 6.03 Å². The van der Waals surface area contributed by atoms with Crippen molar-refractivity contribution in [1.82, 2.24) is 15.5 Å². The lowest BCUT2D eigenvalue weighted by molar-refractivity contribution is -0.136. The predicted octanol–water partition coefficient (Wildman–Crippen LogP) is -0.0655. The third kappa shape index (κ3) is 3.13. The van der Waals surface area contributed by atoms with E-state index in [4.69, 9.17) is 0 Å². The molecule has 8 nitrogen and oxygen atoms in total. The lowest BCUT2D eigenvalue weighted by Crippen LogP contribution is -2.52. The maximum Gasteiger partial charge on any atom is 0.325 e. The van der Waals surface area contributed by atoms with Gasteiger partial charge in [0.1, 0.15) is 12.1 Å². The normalized spacial score (nSPS) is 31.3. The highest BCUT2D eigenvalue weighted by Gasteiger charge is 2.52. The minimum Gasteiger partial charge on any atom is -0.348 e. The van der Waals surface area contributed by atoms with E-state index in [0.29, 0.717) is 19.3 Å². The van der Waals surface area contributed by atoms with Crippen LogP contribution >= 0.6 is 0 Å². The van der Waals surface area contributed by atoms with Crippen LogP contribution in [0.2, 0.25) is 0 Å². The van der Waals surface area contributed by atoms with Gasteiger partial charge in [0.05, 0.1) is 17.0 Å². The Bertz CT molecular complexity index is 683. The van der Waals surface area contributed by atoms with Gasteiger partial charge < -0.3 is 10.6 Å². The number of nitrogens with one attached hydrogen (secondary N) is 2. The largest absolute Gasteiger partial charge is 0.348 e. The molecular formula is C15H23N3O5S. The molecule has 0 aromatic carbocycles. The number of nitrogens with zero attached hydrogens (tertiary/aromatic N) is 1. The van der Waals surface area contributed by atoms with Gasteiger partial charge in [0, 0.05) is 0 Å². The average molecular weight is 357 g/mol. The standard InChI is InChI=1S/C15H23N3O5S/c1-14(7-8-24(22,23)10-14)16-11(19)9-18-12(20)15(17-13(18)21)5-3-2-4-6-15/h2-10H2,1H3,(H,16,19)(H,17,21)/t14-/m1/s1. The van der Waals surface area contributed by atoms with E-state index >= 15 is 0 Å². The van der Waals surface area contributed by atoms with Crippen molar-refractivity contribution in [2.45, 2.75) is 56.5 Å². The first-order chi connectivity index (χ1) is 11.1. The van der Waals surface area contributed by atoms with E-state index in [0.717, 1.165) is 24.2 Å². The summed E-state index contributed by atoms with van der Waals surface area (Å²) in [5, 5.41) is 5.43. The van der Waals surface area contributed by atoms with Crippen molar-refractivity contribution in [3.63, 3.8) is 0 Å². The van der Waals surface area contributed by atoms with Crippen molar-refractivity contribution in [3.8, 4) is 0 Å². The number of carbonyl (C=O) groups is 3. The van der Waals surface area contributed by atoms with Gasteiger partial charge in [-0.15, -0.1) is 0 Å². The topological polar surface area (TPSA) is 113 Å². The van der Waals surface area contributed by atoms with Crippen LogP contribution in [0, 0.1) is 0 Å². The average Bonchev–Trinajstić information content (AvgIpc) is 2.88. The Labute approximate surface area is 141 Å². The number of rotatable bonds is 3. The van der Waals surface area contributed by atoms with Crippen LogP contribution in [0.4, 0.5) is 4.79 Å². The van der Waals surface area contributed by atoms with Crippen LogP contribution in [0.3, 0.4) is 0 Å². The number of carbonyl (C=O) groups excluding carboxylic acids is 3. The van der Waals surface area contributed by atoms with E-state index in [1.807, 2.05) is 0 Å². The number of urea groups is 1. The molecule has 0 aromatic heterocycles. The highest BCUT2D eigenvalue weighted by Crippen LogP contribution is 2.33. The molecule has 9 heteroatoms. The monoisotopic (exact) mass is 357 g/mol. The Morgan fingerprint density at radius 2 is 1.88 bits per heavy atom. The van der Waals surface area contributed by atoms with Crippen molar-refractivity contribution in [3.05, 3.63) is 0 Å². The van der Waals surface area contributed by atoms with Crippen molar-refractivity contribution in [1.29, 1.82) is 0 Å². The molecule has 1 aliphatic carbocycles. The summed E-state index contributed by atoms with van der Waals surface area (Å²) in [6.45, 7) is 1.30. The lowest BCUT2D eigenvalue weighted by Gasteiger charge is -2.30. The second-order valence-corrected chi connectivity index (χ2v) is 9.60. The molecule has 4 amide bonds. The van der Waals surface area contributed by atoms with Crippen LogP contribution < -0.4 is 10.6 Å². The molecule has 1 saturated carbocycles. The molecule has 134 valence electrons. The summed E-state index contributed by atoms with van der Waals surface area (Å²) in [5.74, 6) is -0.927. The second kappa shape index (κ2) is 5.72. The van der Waals surface area contributed by atoms with E-state index in [1.165, 1.54) is 0 Å². The van der Waals surface area contributed by atoms with Crippen molar-refractivity contribution >= 4 is 27.7 Å². The SMILES string of the molecule is C[C@@]1(NC(=O)CN2C(=O)NC3(CCCCC3)C2=O)CCS(=O)(=O)C1. The smallest absolute Gasteiger partial charge is 0.325 e. The van der Waals surface area contributed by atoms with Crippen LogP contribution in [0.5, 0.6) is 0 Å². The van der Waals surface area contributed by atoms with E-state index in [2.05, 4.69) is 10.6 Å². The quantitative estimate of drug-likeness (QED) is 0.687. The molecule has 2 heterocycles. The predicted molar refractivity (Wildman–Crippen MR) is 85.9 cm³/mol. The zero-order chi connectivity index (χ0) is 17.6. The number of sulfone groups is 1. The Kier molecular flexibility index (Phi) is 4.09. The summed E-state index contributed by atoms with van der Waals surface area (Å²) in [7, 11) is -3.15. The zero-order valence-electron chi connectivity index (χ0n) is 13.8. The van der Waals surface area contributed by atoms with Gasteiger partial charge in [0.2, 0.25) is 5.91 Å². The summed E-state index contributed by atoms with van der Waals surface area (Å²) >= 11 is 0. The molecule has 1 spiro atoms. The van der Waals surface area contributed by atoms with Gasteiger partial charge in [-0.2, -0.15) is 0 Å². The van der Waals surface area contributed by atoms with Crippen molar-refractivity contribution in [2.24, 2.45) is 0 Å². The molecule has 2 N–H and O–H groups in total. The Morgan fingerprint density at radius 3 is 2.46 bits per heavy atom. The summed E-state index contributed by atoms with van der Waals surface area (Å²) in [6, 6.07) is -0.541. The van der Waals surface area contributed by atoms with Crippen molar-refractivity contribution < 1.29 is 22.8 Å². The molecule has 0 radical (unpaired) electrons. The molecule has 0 aromatic rings. The first-order valence-electron chi connectivity index (χ1n) is 8.30. The fourth-order valence-electron chi connectivity index (χ4n) is 3.94. The molecule has 1 atom stereocenters. The third-order valence-corrected chi connectivity index (χ3v) is 7.10. The van der Waals surface area contributed by atoms with Gasteiger partial charge in [-0.05, 0) is 26.2 Å². The molecule has 3 aliphatic rings. The van der Waals surface area contributed by atoms with Gasteiger partial charge in [0.25, 0.3) is 5.91 Å². The Hall–Kier alpha value is -1.64. The highest BCUT2D eigenvalue weighted by molar-refractivity contribution is 7.91. The molecule has 3 fully saturated rings. The molecule has 24 heavy (non-hydrogen) atoms. The minimum atomic E-state index is -3.15. The molecule has 2 aliphatic heterocycles. The zero-order valence-corrected chi connectivity index (χ0v) is 14.6. The summed E-state index contributed by atoms with van der Waals surface area (Å²) < 4.78 is 23.2. The van der Waals surface area contributed by atoms with Crippen LogP contribution in [0.1, 0.15) is 45.4 Å². The first kappa shape index (κ1) is 17.2. The summed E-state index contributed by atoms with van der Waals surface area (Å²) in [4.78, 5) is 38.0. The van der Waals surface area contributed by atoms with Gasteiger partial charge in [-0.3, -0.25) is 14.5 Å². The van der Waals surface area contributed by atoms with E-state index in [1.54, 1.807) is 6.92 Å². The number of hydrogen-bond donors (Lipinski definition) is 2. The fraction of sp³-hybridized carbons (Fsp3) is 0.800. The van der Waals surface area contributed by atoms with E-state index in [9.17, 15) is 22.8 Å². The highest BCUT2D eigenvalue weighted by atomic mass is 32.2. The van der Waals surface area contributed by atoms with E-state index < -0.39 is 32.9 Å². The number of amides is 4. The molecule has 0 bridgehead atoms. The fourth-order valence-corrected chi connectivity index (χ4v) is 6.04. The molecule has 3 rings (SSSR count). The van der Waals surface area contributed by atoms with E-state index in [-0.39, 0.29) is 24.0 Å². The second-order valence-electron chi connectivity index (χ2n) is 7.42. The summed E-state index contributed by atoms with van der Waals surface area (Å²) in [6.07, 6.45) is 4.34. The van der Waals surface area contributed by atoms with Gasteiger partial charge in [0.15, 0.2) is 9.84 Å². The van der Waals surface area contributed by atoms with Crippen LogP contribution in [0.15, 0.2) is 0 Å². The minimum absolute atomic E-state index is 0.0377. The Morgan fingerprint density at radius 1 is 1.21 bits per heavy atom. The van der Waals surface area contributed by atoms with Crippen LogP contribution in [-0.4, -0.2) is 60.3 Å². The van der Waals surface area contributed by atoms with Crippen LogP contribution in [-0.2, 0) is 19.4 Å². The molecular weight excluding hydrogens is 334 g/mol. The van der Waals surface area contributed by atoms with Gasteiger partial charge in [-0.25, -0.2) is 13.2 Å². The molecule has 2 saturated heterocycles. The number of hydrogen-bond acceptors (Lipinski definition) is 5. The maximum absolute atomic E-state index is 12.6. The number of imide groups is 1. The summed E-state index contributed by atoms with van der Waals surface area (Å²) in [5.41, 5.74) is -1.69. The Balaban J connectivity index is 1.64. The van der Waals surface area contributed by atoms with Gasteiger partial charge in [-0.1, -0.05) is 19.3 Å². The lowest BCUT2D eigenvalue weighted by atomic mass is 9.82. The first-order valence-corrected chi connectivity index (χ1v) is 10.1.